The fourth-order valence-electron chi connectivity index (χ4n) is 1.51. The number of hydrogen-bond acceptors (Lipinski definition) is 3. The van der Waals surface area contributed by atoms with E-state index in [1.807, 2.05) is 6.92 Å². The summed E-state index contributed by atoms with van der Waals surface area (Å²) in [7, 11) is -3.24. The van der Waals surface area contributed by atoms with E-state index in [2.05, 4.69) is 0 Å². The maximum atomic E-state index is 11.1. The van der Waals surface area contributed by atoms with Gasteiger partial charge in [0, 0.05) is 0 Å². The Labute approximate surface area is 74.2 Å². The van der Waals surface area contributed by atoms with Crippen LogP contribution in [0.1, 0.15) is 33.1 Å². The van der Waals surface area contributed by atoms with E-state index in [0.29, 0.717) is 5.92 Å². The minimum absolute atomic E-state index is 0.0602. The molecule has 1 rings (SSSR count). The van der Waals surface area contributed by atoms with Gasteiger partial charge in [0.25, 0.3) is 10.1 Å². The molecule has 0 aliphatic heterocycles. The van der Waals surface area contributed by atoms with E-state index in [1.165, 1.54) is 0 Å². The Morgan fingerprint density at radius 2 is 2.08 bits per heavy atom. The molecule has 1 aliphatic rings. The summed E-state index contributed by atoms with van der Waals surface area (Å²) in [5.74, 6) is 0.474. The predicted molar refractivity (Wildman–Crippen MR) is 47.3 cm³/mol. The Kier molecular flexibility index (Phi) is 3.12. The molecule has 2 unspecified atom stereocenters. The van der Waals surface area contributed by atoms with Gasteiger partial charge < -0.3 is 0 Å². The molecule has 0 heterocycles. The van der Waals surface area contributed by atoms with Crippen molar-refractivity contribution in [2.45, 2.75) is 39.2 Å². The normalized spacial score (nSPS) is 30.8. The van der Waals surface area contributed by atoms with Crippen LogP contribution < -0.4 is 0 Å². The van der Waals surface area contributed by atoms with E-state index >= 15 is 0 Å². The molecule has 0 aromatic carbocycles. The summed E-state index contributed by atoms with van der Waals surface area (Å²) in [6.45, 7) is 3.65. The highest BCUT2D eigenvalue weighted by Gasteiger charge is 2.28. The van der Waals surface area contributed by atoms with Gasteiger partial charge in [-0.15, -0.1) is 0 Å². The molecule has 0 aromatic rings. The van der Waals surface area contributed by atoms with Crippen molar-refractivity contribution < 1.29 is 12.6 Å². The summed E-state index contributed by atoms with van der Waals surface area (Å²) in [5, 5.41) is 0. The fourth-order valence-corrected chi connectivity index (χ4v) is 2.31. The van der Waals surface area contributed by atoms with Crippen LogP contribution in [0.4, 0.5) is 0 Å². The monoisotopic (exact) mass is 192 g/mol. The zero-order valence-electron chi connectivity index (χ0n) is 7.62. The molecule has 0 N–H and O–H groups in total. The minimum Gasteiger partial charge on any atom is -0.266 e. The highest BCUT2D eigenvalue weighted by atomic mass is 32.2. The van der Waals surface area contributed by atoms with Crippen LogP contribution in [0.2, 0.25) is 0 Å². The molecule has 0 amide bonds. The van der Waals surface area contributed by atoms with Crippen molar-refractivity contribution in [3.8, 4) is 0 Å². The fraction of sp³-hybridized carbons (Fsp3) is 1.00. The van der Waals surface area contributed by atoms with Gasteiger partial charge in [0.15, 0.2) is 0 Å². The van der Waals surface area contributed by atoms with Crippen LogP contribution in [0, 0.1) is 5.92 Å². The third-order valence-corrected chi connectivity index (χ3v) is 3.65. The molecule has 72 valence electrons. The second kappa shape index (κ2) is 3.75. The largest absolute Gasteiger partial charge is 0.267 e. The molecule has 0 saturated heterocycles. The molecule has 1 aliphatic carbocycles. The Balaban J connectivity index is 2.51. The standard InChI is InChI=1S/C8H16O3S/c1-3-12(9,10)11-8-6-4-5-7(8)2/h7-8H,3-6H2,1-2H3. The zero-order chi connectivity index (χ0) is 9.19. The molecule has 1 saturated carbocycles. The van der Waals surface area contributed by atoms with Crippen LogP contribution in [0.25, 0.3) is 0 Å². The van der Waals surface area contributed by atoms with E-state index in [9.17, 15) is 8.42 Å². The maximum Gasteiger partial charge on any atom is 0.267 e. The van der Waals surface area contributed by atoms with Crippen molar-refractivity contribution in [1.82, 2.24) is 0 Å². The number of rotatable bonds is 3. The van der Waals surface area contributed by atoms with Gasteiger partial charge >= 0.3 is 0 Å². The van der Waals surface area contributed by atoms with Gasteiger partial charge in [0.2, 0.25) is 0 Å². The van der Waals surface area contributed by atoms with Crippen LogP contribution >= 0.6 is 0 Å². The van der Waals surface area contributed by atoms with E-state index in [0.717, 1.165) is 19.3 Å². The molecule has 2 atom stereocenters. The van der Waals surface area contributed by atoms with Crippen molar-refractivity contribution in [3.63, 3.8) is 0 Å². The topological polar surface area (TPSA) is 43.4 Å². The van der Waals surface area contributed by atoms with Gasteiger partial charge in [0.05, 0.1) is 11.9 Å². The van der Waals surface area contributed by atoms with Crippen LogP contribution in [0.3, 0.4) is 0 Å². The Morgan fingerprint density at radius 1 is 1.42 bits per heavy atom. The van der Waals surface area contributed by atoms with Crippen molar-refractivity contribution >= 4 is 10.1 Å². The van der Waals surface area contributed by atoms with Crippen molar-refractivity contribution in [3.05, 3.63) is 0 Å². The van der Waals surface area contributed by atoms with Gasteiger partial charge in [-0.25, -0.2) is 0 Å². The lowest BCUT2D eigenvalue weighted by atomic mass is 10.1. The van der Waals surface area contributed by atoms with Crippen LogP contribution in [0.5, 0.6) is 0 Å². The molecular formula is C8H16O3S. The predicted octanol–water partition coefficient (Wildman–Crippen LogP) is 1.54. The highest BCUT2D eigenvalue weighted by molar-refractivity contribution is 7.86. The van der Waals surface area contributed by atoms with Crippen molar-refractivity contribution in [2.24, 2.45) is 5.92 Å². The Bertz CT molecular complexity index is 233. The molecule has 0 bridgehead atoms. The quantitative estimate of drug-likeness (QED) is 0.637. The minimum atomic E-state index is -3.24. The summed E-state index contributed by atoms with van der Waals surface area (Å²) in [6.07, 6.45) is 3.00. The summed E-state index contributed by atoms with van der Waals surface area (Å²) in [4.78, 5) is 0. The first-order valence-corrected chi connectivity index (χ1v) is 6.04. The van der Waals surface area contributed by atoms with Crippen LogP contribution in [-0.2, 0) is 14.3 Å². The molecule has 3 nitrogen and oxygen atoms in total. The third-order valence-electron chi connectivity index (χ3n) is 2.41. The molecule has 4 heteroatoms. The van der Waals surface area contributed by atoms with Crippen molar-refractivity contribution in [1.29, 1.82) is 0 Å². The maximum absolute atomic E-state index is 11.1. The molecule has 0 spiro atoms. The van der Waals surface area contributed by atoms with Crippen LogP contribution in [0.15, 0.2) is 0 Å². The van der Waals surface area contributed by atoms with E-state index in [4.69, 9.17) is 4.18 Å². The summed E-state index contributed by atoms with van der Waals surface area (Å²) in [6, 6.07) is 0. The van der Waals surface area contributed by atoms with Gasteiger partial charge in [-0.1, -0.05) is 13.3 Å². The SMILES string of the molecule is CCS(=O)(=O)OC1CCCC1C. The third kappa shape index (κ3) is 2.45. The first-order valence-electron chi connectivity index (χ1n) is 4.46. The van der Waals surface area contributed by atoms with E-state index in [-0.39, 0.29) is 11.9 Å². The van der Waals surface area contributed by atoms with Crippen LogP contribution in [-0.4, -0.2) is 20.3 Å². The Morgan fingerprint density at radius 3 is 2.50 bits per heavy atom. The van der Waals surface area contributed by atoms with Gasteiger partial charge in [0.1, 0.15) is 0 Å². The summed E-state index contributed by atoms with van der Waals surface area (Å²) >= 11 is 0. The lowest BCUT2D eigenvalue weighted by Crippen LogP contribution is -2.21. The van der Waals surface area contributed by atoms with E-state index in [1.54, 1.807) is 6.92 Å². The molecular weight excluding hydrogens is 176 g/mol. The molecule has 0 radical (unpaired) electrons. The molecule has 0 aromatic heterocycles. The second-order valence-corrected chi connectivity index (χ2v) is 5.27. The molecule has 1 fully saturated rings. The lowest BCUT2D eigenvalue weighted by molar-refractivity contribution is 0.175. The summed E-state index contributed by atoms with van der Waals surface area (Å²) in [5.41, 5.74) is 0. The van der Waals surface area contributed by atoms with Gasteiger partial charge in [-0.3, -0.25) is 4.18 Å². The zero-order valence-corrected chi connectivity index (χ0v) is 8.43. The van der Waals surface area contributed by atoms with Gasteiger partial charge in [-0.05, 0) is 25.7 Å². The van der Waals surface area contributed by atoms with E-state index < -0.39 is 10.1 Å². The van der Waals surface area contributed by atoms with Crippen molar-refractivity contribution in [2.75, 3.05) is 5.75 Å². The first-order chi connectivity index (χ1) is 5.55. The number of hydrogen-bond donors (Lipinski definition) is 0. The second-order valence-electron chi connectivity index (χ2n) is 3.39. The van der Waals surface area contributed by atoms with Gasteiger partial charge in [-0.2, -0.15) is 8.42 Å². The summed E-state index contributed by atoms with van der Waals surface area (Å²) < 4.78 is 27.2. The molecule has 12 heavy (non-hydrogen) atoms. The smallest absolute Gasteiger partial charge is 0.266 e. The highest BCUT2D eigenvalue weighted by Crippen LogP contribution is 2.28. The average molecular weight is 192 g/mol. The lowest BCUT2D eigenvalue weighted by Gasteiger charge is -2.14. The first kappa shape index (κ1) is 9.99. The average Bonchev–Trinajstić information content (AvgIpc) is 2.36. The Hall–Kier alpha value is -0.0900.